The van der Waals surface area contributed by atoms with Crippen LogP contribution in [0.25, 0.3) is 0 Å². The van der Waals surface area contributed by atoms with Crippen LogP contribution in [0.2, 0.25) is 0 Å². The first-order valence-corrected chi connectivity index (χ1v) is 8.43. The molecule has 0 saturated carbocycles. The highest BCUT2D eigenvalue weighted by Gasteiger charge is 2.34. The maximum absolute atomic E-state index is 12.2. The molecule has 1 aromatic rings. The fourth-order valence-electron chi connectivity index (χ4n) is 2.46. The van der Waals surface area contributed by atoms with E-state index in [-0.39, 0.29) is 29.5 Å². The van der Waals surface area contributed by atoms with Gasteiger partial charge in [-0.1, -0.05) is 18.2 Å². The molecule has 25 heavy (non-hydrogen) atoms. The quantitative estimate of drug-likeness (QED) is 0.609. The van der Waals surface area contributed by atoms with Gasteiger partial charge in [0.2, 0.25) is 5.91 Å². The molecule has 0 radical (unpaired) electrons. The first-order valence-electron chi connectivity index (χ1n) is 8.02. The van der Waals surface area contributed by atoms with Crippen LogP contribution < -0.4 is 10.6 Å². The van der Waals surface area contributed by atoms with Gasteiger partial charge in [0, 0.05) is 18.7 Å². The van der Waals surface area contributed by atoms with Gasteiger partial charge >= 0.3 is 5.97 Å². The first kappa shape index (κ1) is 18.9. The Morgan fingerprint density at radius 3 is 2.68 bits per heavy atom. The molecule has 0 unspecified atom stereocenters. The fourth-order valence-corrected chi connectivity index (χ4v) is 2.77. The van der Waals surface area contributed by atoms with Gasteiger partial charge in [0.25, 0.3) is 5.91 Å². The summed E-state index contributed by atoms with van der Waals surface area (Å²) in [5.41, 5.74) is 0.460. The number of hydrogen-bond acceptors (Lipinski definition) is 5. The number of hydrogen-bond donors (Lipinski definition) is 2. The van der Waals surface area contributed by atoms with Crippen molar-refractivity contribution in [3.63, 3.8) is 0 Å². The predicted octanol–water partition coefficient (Wildman–Crippen LogP) is 0.843. The Hall–Kier alpha value is -2.48. The van der Waals surface area contributed by atoms with Gasteiger partial charge in [0.15, 0.2) is 5.11 Å². The van der Waals surface area contributed by atoms with Crippen molar-refractivity contribution in [3.05, 3.63) is 35.9 Å². The van der Waals surface area contributed by atoms with Gasteiger partial charge in [-0.3, -0.25) is 19.7 Å². The topological polar surface area (TPSA) is 87.7 Å². The van der Waals surface area contributed by atoms with Gasteiger partial charge < -0.3 is 15.0 Å². The number of carbonyl (C=O) groups is 3. The first-order chi connectivity index (χ1) is 11.9. The van der Waals surface area contributed by atoms with E-state index in [0.29, 0.717) is 18.7 Å². The highest BCUT2D eigenvalue weighted by atomic mass is 32.1. The second kappa shape index (κ2) is 8.57. The largest absolute Gasteiger partial charge is 0.463 e. The minimum absolute atomic E-state index is 0.117. The number of esters is 1. The Morgan fingerprint density at radius 1 is 1.36 bits per heavy atom. The highest BCUT2D eigenvalue weighted by molar-refractivity contribution is 7.80. The Kier molecular flexibility index (Phi) is 6.46. The van der Waals surface area contributed by atoms with Crippen LogP contribution >= 0.6 is 12.2 Å². The third-order valence-electron chi connectivity index (χ3n) is 3.58. The lowest BCUT2D eigenvalue weighted by Crippen LogP contribution is -2.60. The molecule has 134 valence electrons. The van der Waals surface area contributed by atoms with Crippen molar-refractivity contribution in [2.24, 2.45) is 0 Å². The number of nitrogens with one attached hydrogen (secondary N) is 2. The number of carbonyl (C=O) groups excluding carboxylic acids is 3. The number of benzene rings is 1. The van der Waals surface area contributed by atoms with Crippen LogP contribution in [-0.4, -0.2) is 53.0 Å². The van der Waals surface area contributed by atoms with Crippen LogP contribution in [-0.2, 0) is 14.3 Å². The van der Waals surface area contributed by atoms with Gasteiger partial charge in [-0.05, 0) is 38.2 Å². The summed E-state index contributed by atoms with van der Waals surface area (Å²) in [4.78, 5) is 37.9. The van der Waals surface area contributed by atoms with E-state index in [1.54, 1.807) is 49.1 Å². The average molecular weight is 363 g/mol. The van der Waals surface area contributed by atoms with Crippen molar-refractivity contribution in [3.8, 4) is 0 Å². The number of ether oxygens (including phenoxy) is 1. The van der Waals surface area contributed by atoms with Crippen LogP contribution in [0.15, 0.2) is 30.3 Å². The molecule has 1 saturated heterocycles. The summed E-state index contributed by atoms with van der Waals surface area (Å²) in [6.07, 6.45) is -0.400. The summed E-state index contributed by atoms with van der Waals surface area (Å²) in [7, 11) is 0. The Labute approximate surface area is 151 Å². The highest BCUT2D eigenvalue weighted by Crippen LogP contribution is 2.12. The van der Waals surface area contributed by atoms with E-state index >= 15 is 0 Å². The summed E-state index contributed by atoms with van der Waals surface area (Å²) in [6, 6.07) is 7.83. The number of amides is 2. The Morgan fingerprint density at radius 2 is 2.04 bits per heavy atom. The zero-order valence-electron chi connectivity index (χ0n) is 14.2. The molecule has 1 heterocycles. The summed E-state index contributed by atoms with van der Waals surface area (Å²) < 4.78 is 5.10. The molecule has 1 fully saturated rings. The van der Waals surface area contributed by atoms with Gasteiger partial charge in [-0.15, -0.1) is 0 Å². The molecule has 2 amide bonds. The third-order valence-corrected chi connectivity index (χ3v) is 3.91. The standard InChI is InChI=1S/C17H21N3O4S/c1-11(2)24-14(21)10-13-16(23)18-8-9-20(13)17(25)19-15(22)12-6-4-3-5-7-12/h3-7,11,13H,8-10H2,1-2H3,(H,18,23)(H,19,22,25)/t13-/m0/s1. The minimum atomic E-state index is -0.802. The molecule has 0 aromatic heterocycles. The minimum Gasteiger partial charge on any atom is -0.463 e. The van der Waals surface area contributed by atoms with Crippen LogP contribution in [0, 0.1) is 0 Å². The lowest BCUT2D eigenvalue weighted by atomic mass is 10.1. The maximum atomic E-state index is 12.2. The number of nitrogens with zero attached hydrogens (tertiary/aromatic N) is 1. The smallest absolute Gasteiger partial charge is 0.308 e. The zero-order chi connectivity index (χ0) is 18.4. The number of piperazine rings is 1. The average Bonchev–Trinajstić information content (AvgIpc) is 2.56. The summed E-state index contributed by atoms with van der Waals surface area (Å²) in [5.74, 6) is -1.16. The normalized spacial score (nSPS) is 17.0. The van der Waals surface area contributed by atoms with E-state index in [2.05, 4.69) is 10.6 Å². The fraction of sp³-hybridized carbons (Fsp3) is 0.412. The van der Waals surface area contributed by atoms with E-state index in [1.807, 2.05) is 0 Å². The van der Waals surface area contributed by atoms with Crippen LogP contribution in [0.5, 0.6) is 0 Å². The molecule has 0 spiro atoms. The SMILES string of the molecule is CC(C)OC(=O)C[C@H]1C(=O)NCCN1C(=S)NC(=O)c1ccccc1. The van der Waals surface area contributed by atoms with E-state index in [9.17, 15) is 14.4 Å². The molecule has 8 heteroatoms. The molecule has 1 atom stereocenters. The molecule has 1 aliphatic rings. The molecule has 2 N–H and O–H groups in total. The zero-order valence-corrected chi connectivity index (χ0v) is 15.0. The van der Waals surface area contributed by atoms with E-state index < -0.39 is 12.0 Å². The molecule has 2 rings (SSSR count). The van der Waals surface area contributed by atoms with Crippen molar-refractivity contribution < 1.29 is 19.1 Å². The third kappa shape index (κ3) is 5.25. The molecule has 1 aliphatic heterocycles. The Bertz CT molecular complexity index is 663. The summed E-state index contributed by atoms with van der Waals surface area (Å²) >= 11 is 5.28. The summed E-state index contributed by atoms with van der Waals surface area (Å²) in [5, 5.41) is 5.43. The van der Waals surface area contributed by atoms with Crippen molar-refractivity contribution in [1.29, 1.82) is 0 Å². The van der Waals surface area contributed by atoms with Crippen LogP contribution in [0.3, 0.4) is 0 Å². The van der Waals surface area contributed by atoms with Gasteiger partial charge in [0.05, 0.1) is 12.5 Å². The second-order valence-corrected chi connectivity index (χ2v) is 6.25. The molecular formula is C17H21N3O4S. The van der Waals surface area contributed by atoms with Crippen LogP contribution in [0.4, 0.5) is 0 Å². The van der Waals surface area contributed by atoms with Crippen molar-refractivity contribution in [1.82, 2.24) is 15.5 Å². The van der Waals surface area contributed by atoms with Gasteiger partial charge in [0.1, 0.15) is 6.04 Å². The van der Waals surface area contributed by atoms with Crippen molar-refractivity contribution >= 4 is 35.1 Å². The van der Waals surface area contributed by atoms with Crippen molar-refractivity contribution in [2.75, 3.05) is 13.1 Å². The monoisotopic (exact) mass is 363 g/mol. The number of thiocarbonyl (C=S) groups is 1. The molecule has 0 aliphatic carbocycles. The predicted molar refractivity (Wildman–Crippen MR) is 95.9 cm³/mol. The Balaban J connectivity index is 2.05. The van der Waals surface area contributed by atoms with Crippen LogP contribution in [0.1, 0.15) is 30.6 Å². The molecular weight excluding hydrogens is 342 g/mol. The number of rotatable bonds is 4. The molecule has 1 aromatic carbocycles. The molecule has 0 bridgehead atoms. The van der Waals surface area contributed by atoms with Gasteiger partial charge in [-0.2, -0.15) is 0 Å². The molecule has 7 nitrogen and oxygen atoms in total. The van der Waals surface area contributed by atoms with E-state index in [0.717, 1.165) is 0 Å². The van der Waals surface area contributed by atoms with E-state index in [4.69, 9.17) is 17.0 Å². The lowest BCUT2D eigenvalue weighted by Gasteiger charge is -2.36. The second-order valence-electron chi connectivity index (χ2n) is 5.87. The summed E-state index contributed by atoms with van der Waals surface area (Å²) in [6.45, 7) is 4.26. The van der Waals surface area contributed by atoms with E-state index in [1.165, 1.54) is 0 Å². The lowest BCUT2D eigenvalue weighted by molar-refractivity contribution is -0.150. The maximum Gasteiger partial charge on any atom is 0.308 e. The van der Waals surface area contributed by atoms with Crippen molar-refractivity contribution in [2.45, 2.75) is 32.4 Å². The van der Waals surface area contributed by atoms with Gasteiger partial charge in [-0.25, -0.2) is 0 Å².